The SMILES string of the molecule is CCOC(=O)C1=C(C)NC(SCC(=O)c2ccc(F)cc2)=C(C#N)[C@@H]1CC(C)C. The molecule has 0 amide bonds. The van der Waals surface area contributed by atoms with Gasteiger partial charge in [0.15, 0.2) is 5.78 Å². The zero-order chi connectivity index (χ0) is 21.6. The van der Waals surface area contributed by atoms with Crippen LogP contribution in [0.3, 0.4) is 0 Å². The topological polar surface area (TPSA) is 79.2 Å². The summed E-state index contributed by atoms with van der Waals surface area (Å²) in [5.41, 5.74) is 1.94. The van der Waals surface area contributed by atoms with Crippen LogP contribution in [-0.2, 0) is 9.53 Å². The lowest BCUT2D eigenvalue weighted by Gasteiger charge is -2.29. The lowest BCUT2D eigenvalue weighted by molar-refractivity contribution is -0.139. The van der Waals surface area contributed by atoms with E-state index in [9.17, 15) is 19.2 Å². The Morgan fingerprint density at radius 1 is 1.31 bits per heavy atom. The number of esters is 1. The van der Waals surface area contributed by atoms with E-state index in [0.717, 1.165) is 0 Å². The van der Waals surface area contributed by atoms with E-state index in [1.54, 1.807) is 13.8 Å². The van der Waals surface area contributed by atoms with E-state index >= 15 is 0 Å². The van der Waals surface area contributed by atoms with E-state index in [0.29, 0.717) is 33.9 Å². The molecule has 5 nitrogen and oxygen atoms in total. The fourth-order valence-electron chi connectivity index (χ4n) is 3.18. The highest BCUT2D eigenvalue weighted by atomic mass is 32.2. The third-order valence-corrected chi connectivity index (χ3v) is 5.50. The van der Waals surface area contributed by atoms with E-state index in [4.69, 9.17) is 4.74 Å². The number of rotatable bonds is 8. The summed E-state index contributed by atoms with van der Waals surface area (Å²) in [7, 11) is 0. The first-order chi connectivity index (χ1) is 13.8. The van der Waals surface area contributed by atoms with Crippen molar-refractivity contribution < 1.29 is 18.7 Å². The Hall–Kier alpha value is -2.59. The summed E-state index contributed by atoms with van der Waals surface area (Å²) < 4.78 is 18.3. The van der Waals surface area contributed by atoms with Crippen LogP contribution in [-0.4, -0.2) is 24.1 Å². The van der Waals surface area contributed by atoms with Crippen molar-refractivity contribution >= 4 is 23.5 Å². The van der Waals surface area contributed by atoms with Gasteiger partial charge in [-0.1, -0.05) is 25.6 Å². The number of halogens is 1. The molecule has 0 radical (unpaired) electrons. The molecule has 0 aliphatic carbocycles. The Bertz CT molecular complexity index is 882. The van der Waals surface area contributed by atoms with Gasteiger partial charge in [0, 0.05) is 17.2 Å². The van der Waals surface area contributed by atoms with Gasteiger partial charge in [0.2, 0.25) is 0 Å². The van der Waals surface area contributed by atoms with Gasteiger partial charge in [0.25, 0.3) is 0 Å². The Labute approximate surface area is 175 Å². The lowest BCUT2D eigenvalue weighted by Crippen LogP contribution is -2.31. The molecule has 154 valence electrons. The maximum Gasteiger partial charge on any atom is 0.336 e. The smallest absolute Gasteiger partial charge is 0.336 e. The Morgan fingerprint density at radius 3 is 2.52 bits per heavy atom. The Balaban J connectivity index is 2.28. The average molecular weight is 417 g/mol. The quantitative estimate of drug-likeness (QED) is 0.494. The van der Waals surface area contributed by atoms with Gasteiger partial charge in [-0.3, -0.25) is 4.79 Å². The molecular formula is C22H25FN2O3S. The highest BCUT2D eigenvalue weighted by molar-refractivity contribution is 8.03. The monoisotopic (exact) mass is 416 g/mol. The maximum absolute atomic E-state index is 13.1. The summed E-state index contributed by atoms with van der Waals surface area (Å²) in [6.45, 7) is 7.82. The number of ether oxygens (including phenoxy) is 1. The van der Waals surface area contributed by atoms with Gasteiger partial charge in [-0.05, 0) is 50.5 Å². The summed E-state index contributed by atoms with van der Waals surface area (Å²) in [4.78, 5) is 24.9. The second-order valence-electron chi connectivity index (χ2n) is 7.14. The largest absolute Gasteiger partial charge is 0.463 e. The minimum absolute atomic E-state index is 0.0928. The van der Waals surface area contributed by atoms with Crippen molar-refractivity contribution in [3.63, 3.8) is 0 Å². The lowest BCUT2D eigenvalue weighted by atomic mass is 9.82. The first kappa shape index (κ1) is 22.7. The van der Waals surface area contributed by atoms with Crippen molar-refractivity contribution in [2.75, 3.05) is 12.4 Å². The molecule has 1 aliphatic rings. The minimum Gasteiger partial charge on any atom is -0.463 e. The summed E-state index contributed by atoms with van der Waals surface area (Å²) in [6.07, 6.45) is 0.617. The number of benzene rings is 1. The number of nitriles is 1. The second-order valence-corrected chi connectivity index (χ2v) is 8.13. The minimum atomic E-state index is -0.428. The van der Waals surface area contributed by atoms with Crippen molar-refractivity contribution in [2.24, 2.45) is 11.8 Å². The summed E-state index contributed by atoms with van der Waals surface area (Å²) in [6, 6.07) is 7.59. The molecule has 0 saturated heterocycles. The highest BCUT2D eigenvalue weighted by Crippen LogP contribution is 2.38. The number of Topliss-reactive ketones (excluding diaryl/α,β-unsaturated/α-hetero) is 1. The van der Waals surface area contributed by atoms with Gasteiger partial charge in [-0.15, -0.1) is 0 Å². The number of nitrogens with zero attached hydrogens (tertiary/aromatic N) is 1. The van der Waals surface area contributed by atoms with Crippen LogP contribution in [0, 0.1) is 29.0 Å². The molecule has 1 heterocycles. The van der Waals surface area contributed by atoms with E-state index in [-0.39, 0.29) is 30.0 Å². The average Bonchev–Trinajstić information content (AvgIpc) is 2.66. The summed E-state index contributed by atoms with van der Waals surface area (Å²) in [5, 5.41) is 13.5. The number of carbonyl (C=O) groups excluding carboxylic acids is 2. The number of carbonyl (C=O) groups is 2. The molecule has 0 fully saturated rings. The Morgan fingerprint density at radius 2 is 1.97 bits per heavy atom. The molecule has 0 unspecified atom stereocenters. The molecular weight excluding hydrogens is 391 g/mol. The van der Waals surface area contributed by atoms with Gasteiger partial charge < -0.3 is 10.1 Å². The number of allylic oxidation sites excluding steroid dienone is 2. The molecule has 1 aliphatic heterocycles. The van der Waals surface area contributed by atoms with Crippen LogP contribution < -0.4 is 5.32 Å². The van der Waals surface area contributed by atoms with Crippen LogP contribution in [0.4, 0.5) is 4.39 Å². The molecule has 29 heavy (non-hydrogen) atoms. The molecule has 1 atom stereocenters. The number of hydrogen-bond donors (Lipinski definition) is 1. The number of hydrogen-bond acceptors (Lipinski definition) is 6. The van der Waals surface area contributed by atoms with Crippen molar-refractivity contribution in [3.05, 3.63) is 57.5 Å². The van der Waals surface area contributed by atoms with Crippen molar-refractivity contribution in [1.82, 2.24) is 5.32 Å². The van der Waals surface area contributed by atoms with Crippen LogP contribution in [0.15, 0.2) is 46.1 Å². The molecule has 0 aromatic heterocycles. The molecule has 1 aromatic carbocycles. The normalized spacial score (nSPS) is 16.5. The Kier molecular flexibility index (Phi) is 8.03. The van der Waals surface area contributed by atoms with Gasteiger partial charge in [0.05, 0.1) is 34.6 Å². The first-order valence-corrected chi connectivity index (χ1v) is 10.5. The standard InChI is InChI=1S/C22H25FN2O3S/c1-5-28-22(27)20-14(4)25-21(18(11-24)17(20)10-13(2)3)29-12-19(26)15-6-8-16(23)9-7-15/h6-9,13,17,25H,5,10,12H2,1-4H3/t17-/m0/s1. The van der Waals surface area contributed by atoms with E-state index < -0.39 is 11.8 Å². The number of nitrogens with one attached hydrogen (secondary N) is 1. The third-order valence-electron chi connectivity index (χ3n) is 4.48. The second kappa shape index (κ2) is 10.3. The predicted octanol–water partition coefficient (Wildman–Crippen LogP) is 4.58. The molecule has 2 rings (SSSR count). The summed E-state index contributed by atoms with van der Waals surface area (Å²) in [5.74, 6) is -1.03. The third kappa shape index (κ3) is 5.70. The van der Waals surface area contributed by atoms with Crippen molar-refractivity contribution in [2.45, 2.75) is 34.1 Å². The van der Waals surface area contributed by atoms with E-state index in [1.807, 2.05) is 13.8 Å². The van der Waals surface area contributed by atoms with Crippen LogP contribution in [0.2, 0.25) is 0 Å². The fourth-order valence-corrected chi connectivity index (χ4v) is 4.19. The molecule has 7 heteroatoms. The number of thioether (sulfide) groups is 1. The van der Waals surface area contributed by atoms with Crippen molar-refractivity contribution in [3.8, 4) is 6.07 Å². The molecule has 1 N–H and O–H groups in total. The first-order valence-electron chi connectivity index (χ1n) is 9.49. The summed E-state index contributed by atoms with van der Waals surface area (Å²) >= 11 is 1.22. The van der Waals surface area contributed by atoms with Gasteiger partial charge in [-0.25, -0.2) is 9.18 Å². The molecule has 0 bridgehead atoms. The van der Waals surface area contributed by atoms with Gasteiger partial charge in [0.1, 0.15) is 5.82 Å². The molecule has 1 aromatic rings. The molecule has 0 spiro atoms. The molecule has 0 saturated carbocycles. The van der Waals surface area contributed by atoms with E-state index in [1.165, 1.54) is 36.0 Å². The highest BCUT2D eigenvalue weighted by Gasteiger charge is 2.34. The van der Waals surface area contributed by atoms with E-state index in [2.05, 4.69) is 11.4 Å². The fraction of sp³-hybridized carbons (Fsp3) is 0.409. The van der Waals surface area contributed by atoms with Crippen LogP contribution in [0.5, 0.6) is 0 Å². The van der Waals surface area contributed by atoms with Crippen LogP contribution in [0.1, 0.15) is 44.5 Å². The number of dihydropyridines is 1. The van der Waals surface area contributed by atoms with Gasteiger partial charge in [-0.2, -0.15) is 5.26 Å². The van der Waals surface area contributed by atoms with Gasteiger partial charge >= 0.3 is 5.97 Å². The zero-order valence-corrected chi connectivity index (χ0v) is 17.9. The maximum atomic E-state index is 13.1. The number of ketones is 1. The van der Waals surface area contributed by atoms with Crippen molar-refractivity contribution in [1.29, 1.82) is 5.26 Å². The van der Waals surface area contributed by atoms with Crippen LogP contribution >= 0.6 is 11.8 Å². The zero-order valence-electron chi connectivity index (χ0n) is 17.0. The van der Waals surface area contributed by atoms with Crippen LogP contribution in [0.25, 0.3) is 0 Å². The predicted molar refractivity (Wildman–Crippen MR) is 111 cm³/mol.